The third kappa shape index (κ3) is 5.06. The summed E-state index contributed by atoms with van der Waals surface area (Å²) in [6.07, 6.45) is 0. The van der Waals surface area contributed by atoms with E-state index in [1.165, 1.54) is 6.07 Å². The Morgan fingerprint density at radius 3 is 2.48 bits per heavy atom. The van der Waals surface area contributed by atoms with E-state index < -0.39 is 17.8 Å². The van der Waals surface area contributed by atoms with Crippen LogP contribution in [0.2, 0.25) is 0 Å². The van der Waals surface area contributed by atoms with Gasteiger partial charge < -0.3 is 15.7 Å². The number of urea groups is 1. The lowest BCUT2D eigenvalue weighted by molar-refractivity contribution is 0.0697. The molecule has 0 heterocycles. The summed E-state index contributed by atoms with van der Waals surface area (Å²) in [4.78, 5) is 22.8. The highest BCUT2D eigenvalue weighted by Gasteiger charge is 2.20. The molecule has 0 aliphatic heterocycles. The van der Waals surface area contributed by atoms with Gasteiger partial charge in [-0.25, -0.2) is 14.0 Å². The van der Waals surface area contributed by atoms with E-state index in [0.717, 1.165) is 12.1 Å². The molecule has 1 atom stereocenters. The first-order chi connectivity index (χ1) is 9.61. The number of carbonyl (C=O) groups excluding carboxylic acids is 1. The number of nitrogens with one attached hydrogen (secondary N) is 2. The number of amides is 2. The summed E-state index contributed by atoms with van der Waals surface area (Å²) in [5, 5.41) is 14.1. The number of anilines is 1. The summed E-state index contributed by atoms with van der Waals surface area (Å²) in [6, 6.07) is 2.68. The normalized spacial score (nSPS) is 12.6. The summed E-state index contributed by atoms with van der Waals surface area (Å²) in [5.41, 5.74) is -0.172. The number of carbonyl (C=O) groups is 2. The number of aromatic carboxylic acids is 1. The van der Waals surface area contributed by atoms with Crippen LogP contribution >= 0.6 is 0 Å². The molecule has 0 saturated carbocycles. The fourth-order valence-corrected chi connectivity index (χ4v) is 1.52. The van der Waals surface area contributed by atoms with Crippen molar-refractivity contribution >= 4 is 17.7 Å². The molecule has 0 spiro atoms. The predicted molar refractivity (Wildman–Crippen MR) is 79.0 cm³/mol. The van der Waals surface area contributed by atoms with Gasteiger partial charge in [0.1, 0.15) is 5.82 Å². The highest BCUT2D eigenvalue weighted by molar-refractivity contribution is 5.99. The second-order valence-corrected chi connectivity index (χ2v) is 6.10. The van der Waals surface area contributed by atoms with Gasteiger partial charge in [0.2, 0.25) is 0 Å². The van der Waals surface area contributed by atoms with E-state index in [0.29, 0.717) is 6.54 Å². The molecule has 0 fully saturated rings. The lowest BCUT2D eigenvalue weighted by Gasteiger charge is -2.27. The van der Waals surface area contributed by atoms with Gasteiger partial charge in [-0.15, -0.1) is 0 Å². The first kappa shape index (κ1) is 16.9. The lowest BCUT2D eigenvalue weighted by Crippen LogP contribution is -2.36. The van der Waals surface area contributed by atoms with Crippen molar-refractivity contribution in [3.63, 3.8) is 0 Å². The summed E-state index contributed by atoms with van der Waals surface area (Å²) >= 11 is 0. The van der Waals surface area contributed by atoms with Crippen LogP contribution in [0.1, 0.15) is 38.1 Å². The topological polar surface area (TPSA) is 78.4 Å². The van der Waals surface area contributed by atoms with Crippen LogP contribution in [0.3, 0.4) is 0 Å². The van der Waals surface area contributed by atoms with Crippen molar-refractivity contribution in [2.75, 3.05) is 11.9 Å². The first-order valence-corrected chi connectivity index (χ1v) is 6.69. The standard InChI is InChI=1S/C15H21FN2O3/c1-9(15(2,3)4)8-17-14(21)18-12-6-5-10(16)7-11(12)13(19)20/h5-7,9H,8H2,1-4H3,(H,19,20)(H2,17,18,21). The molecule has 3 N–H and O–H groups in total. The van der Waals surface area contributed by atoms with E-state index in [4.69, 9.17) is 5.11 Å². The van der Waals surface area contributed by atoms with Crippen molar-refractivity contribution in [3.8, 4) is 0 Å². The highest BCUT2D eigenvalue weighted by atomic mass is 19.1. The van der Waals surface area contributed by atoms with E-state index in [9.17, 15) is 14.0 Å². The molecule has 0 aromatic heterocycles. The quantitative estimate of drug-likeness (QED) is 0.797. The smallest absolute Gasteiger partial charge is 0.337 e. The van der Waals surface area contributed by atoms with E-state index >= 15 is 0 Å². The van der Waals surface area contributed by atoms with Gasteiger partial charge in [0, 0.05) is 6.54 Å². The van der Waals surface area contributed by atoms with Crippen molar-refractivity contribution in [2.24, 2.45) is 11.3 Å². The van der Waals surface area contributed by atoms with Crippen LogP contribution in [0.5, 0.6) is 0 Å². The fraction of sp³-hybridized carbons (Fsp3) is 0.467. The van der Waals surface area contributed by atoms with Crippen LogP contribution in [0.15, 0.2) is 18.2 Å². The van der Waals surface area contributed by atoms with Crippen LogP contribution < -0.4 is 10.6 Å². The Morgan fingerprint density at radius 2 is 1.95 bits per heavy atom. The minimum Gasteiger partial charge on any atom is -0.478 e. The zero-order valence-electron chi connectivity index (χ0n) is 12.7. The minimum absolute atomic E-state index is 0.0510. The zero-order valence-corrected chi connectivity index (χ0v) is 12.7. The van der Waals surface area contributed by atoms with Crippen molar-refractivity contribution < 1.29 is 19.1 Å². The highest BCUT2D eigenvalue weighted by Crippen LogP contribution is 2.24. The van der Waals surface area contributed by atoms with Crippen molar-refractivity contribution in [1.82, 2.24) is 5.32 Å². The number of halogens is 1. The number of benzene rings is 1. The molecule has 0 aliphatic rings. The Morgan fingerprint density at radius 1 is 1.33 bits per heavy atom. The Kier molecular flexibility index (Phi) is 5.29. The second-order valence-electron chi connectivity index (χ2n) is 6.10. The van der Waals surface area contributed by atoms with E-state index in [-0.39, 0.29) is 22.6 Å². The third-order valence-corrected chi connectivity index (χ3v) is 3.51. The molecule has 1 aromatic rings. The van der Waals surface area contributed by atoms with Gasteiger partial charge >= 0.3 is 12.0 Å². The monoisotopic (exact) mass is 296 g/mol. The van der Waals surface area contributed by atoms with Gasteiger partial charge in [0.15, 0.2) is 0 Å². The zero-order chi connectivity index (χ0) is 16.2. The molecule has 0 bridgehead atoms. The maximum atomic E-state index is 13.0. The summed E-state index contributed by atoms with van der Waals surface area (Å²) in [6.45, 7) is 8.68. The van der Waals surface area contributed by atoms with Crippen LogP contribution in [0.4, 0.5) is 14.9 Å². The number of hydrogen-bond donors (Lipinski definition) is 3. The molecule has 6 heteroatoms. The molecular formula is C15H21FN2O3. The Hall–Kier alpha value is -2.11. The number of carboxylic acid groups (broad SMARTS) is 1. The van der Waals surface area contributed by atoms with Crippen molar-refractivity contribution in [2.45, 2.75) is 27.7 Å². The average Bonchev–Trinajstić information content (AvgIpc) is 2.36. The number of hydrogen-bond acceptors (Lipinski definition) is 2. The maximum Gasteiger partial charge on any atom is 0.337 e. The molecule has 0 saturated heterocycles. The Bertz CT molecular complexity index is 538. The Balaban J connectivity index is 2.70. The molecule has 116 valence electrons. The van der Waals surface area contributed by atoms with Gasteiger partial charge in [0.25, 0.3) is 0 Å². The van der Waals surface area contributed by atoms with E-state index in [1.807, 2.05) is 6.92 Å². The van der Waals surface area contributed by atoms with Crippen LogP contribution in [-0.4, -0.2) is 23.7 Å². The summed E-state index contributed by atoms with van der Waals surface area (Å²) in [5.74, 6) is -1.72. The average molecular weight is 296 g/mol. The molecule has 5 nitrogen and oxygen atoms in total. The van der Waals surface area contributed by atoms with Gasteiger partial charge in [-0.05, 0) is 29.5 Å². The van der Waals surface area contributed by atoms with Gasteiger partial charge in [-0.1, -0.05) is 27.7 Å². The van der Waals surface area contributed by atoms with Gasteiger partial charge in [0.05, 0.1) is 11.3 Å². The van der Waals surface area contributed by atoms with Crippen LogP contribution in [0, 0.1) is 17.2 Å². The first-order valence-electron chi connectivity index (χ1n) is 6.69. The lowest BCUT2D eigenvalue weighted by atomic mass is 9.82. The fourth-order valence-electron chi connectivity index (χ4n) is 1.52. The molecule has 21 heavy (non-hydrogen) atoms. The summed E-state index contributed by atoms with van der Waals surface area (Å²) < 4.78 is 13.0. The van der Waals surface area contributed by atoms with E-state index in [2.05, 4.69) is 31.4 Å². The molecule has 1 aromatic carbocycles. The molecule has 0 radical (unpaired) electrons. The molecule has 0 aliphatic carbocycles. The maximum absolute atomic E-state index is 13.0. The predicted octanol–water partition coefficient (Wildman–Crippen LogP) is 3.33. The van der Waals surface area contributed by atoms with E-state index in [1.54, 1.807) is 0 Å². The van der Waals surface area contributed by atoms with Gasteiger partial charge in [-0.2, -0.15) is 0 Å². The SMILES string of the molecule is CC(CNC(=O)Nc1ccc(F)cc1C(=O)O)C(C)(C)C. The van der Waals surface area contributed by atoms with Crippen LogP contribution in [-0.2, 0) is 0 Å². The Labute approximate surface area is 123 Å². The third-order valence-electron chi connectivity index (χ3n) is 3.51. The number of rotatable bonds is 4. The molecule has 2 amide bonds. The summed E-state index contributed by atoms with van der Waals surface area (Å²) in [7, 11) is 0. The molecule has 1 rings (SSSR count). The van der Waals surface area contributed by atoms with Gasteiger partial charge in [-0.3, -0.25) is 0 Å². The molecular weight excluding hydrogens is 275 g/mol. The minimum atomic E-state index is -1.30. The largest absolute Gasteiger partial charge is 0.478 e. The van der Waals surface area contributed by atoms with Crippen LogP contribution in [0.25, 0.3) is 0 Å². The van der Waals surface area contributed by atoms with Crippen molar-refractivity contribution in [1.29, 1.82) is 0 Å². The molecule has 1 unspecified atom stereocenters. The second kappa shape index (κ2) is 6.56. The number of carboxylic acids is 1. The van der Waals surface area contributed by atoms with Crippen molar-refractivity contribution in [3.05, 3.63) is 29.6 Å².